The van der Waals surface area contributed by atoms with Gasteiger partial charge in [0.05, 0.1) is 29.6 Å². The number of amides is 1. The zero-order valence-electron chi connectivity index (χ0n) is 16.7. The van der Waals surface area contributed by atoms with E-state index in [1.165, 1.54) is 0 Å². The lowest BCUT2D eigenvalue weighted by Crippen LogP contribution is -2.30. The minimum Gasteiger partial charge on any atom is -0.487 e. The number of nitrogens with one attached hydrogen (secondary N) is 1. The van der Waals surface area contributed by atoms with Gasteiger partial charge in [-0.15, -0.1) is 0 Å². The highest BCUT2D eigenvalue weighted by Crippen LogP contribution is 2.49. The van der Waals surface area contributed by atoms with Crippen molar-refractivity contribution in [2.75, 3.05) is 20.8 Å². The quantitative estimate of drug-likeness (QED) is 0.490. The second kappa shape index (κ2) is 9.72. The van der Waals surface area contributed by atoms with Crippen molar-refractivity contribution in [1.82, 2.24) is 5.32 Å². The number of methoxy groups -OCH3 is 2. The Labute approximate surface area is 162 Å². The molecule has 156 valence electrons. The Morgan fingerprint density at radius 3 is 2.04 bits per heavy atom. The molecule has 0 aliphatic heterocycles. The number of carbonyl (C=O) groups excluding carboxylic acids is 1. The fourth-order valence-corrected chi connectivity index (χ4v) is 2.57. The van der Waals surface area contributed by atoms with Gasteiger partial charge in [-0.3, -0.25) is 20.2 Å². The van der Waals surface area contributed by atoms with Crippen molar-refractivity contribution in [3.63, 3.8) is 0 Å². The normalized spacial score (nSPS) is 11.9. The Bertz CT molecular complexity index is 748. The molecule has 0 aliphatic carbocycles. The van der Waals surface area contributed by atoms with Gasteiger partial charge in [0.15, 0.2) is 0 Å². The van der Waals surface area contributed by atoms with Crippen LogP contribution < -0.4 is 14.8 Å². The molecule has 1 aromatic carbocycles. The summed E-state index contributed by atoms with van der Waals surface area (Å²) in [5, 5.41) is 25.7. The number of carbonyl (C=O) groups is 1. The molecule has 0 aromatic heterocycles. The maximum Gasteiger partial charge on any atom is 0.407 e. The number of nitro groups is 2. The van der Waals surface area contributed by atoms with Crippen LogP contribution in [0.1, 0.15) is 39.4 Å². The van der Waals surface area contributed by atoms with Crippen LogP contribution in [0.2, 0.25) is 0 Å². The van der Waals surface area contributed by atoms with E-state index in [4.69, 9.17) is 14.2 Å². The maximum absolute atomic E-state index is 12.1. The van der Waals surface area contributed by atoms with Gasteiger partial charge in [-0.25, -0.2) is 4.79 Å². The molecule has 0 aliphatic rings. The van der Waals surface area contributed by atoms with E-state index in [-0.39, 0.29) is 17.2 Å². The van der Waals surface area contributed by atoms with Crippen molar-refractivity contribution >= 4 is 17.5 Å². The molecular weight excluding hydrogens is 374 g/mol. The van der Waals surface area contributed by atoms with E-state index in [0.717, 1.165) is 20.3 Å². The number of hydrogen-bond donors (Lipinski definition) is 1. The van der Waals surface area contributed by atoms with Gasteiger partial charge in [-0.1, -0.05) is 27.7 Å². The van der Waals surface area contributed by atoms with Crippen LogP contribution in [0.3, 0.4) is 0 Å². The van der Waals surface area contributed by atoms with Crippen LogP contribution in [0.5, 0.6) is 11.5 Å². The molecule has 1 atom stereocenters. The lowest BCUT2D eigenvalue weighted by molar-refractivity contribution is -0.391. The second-order valence-electron chi connectivity index (χ2n) is 6.76. The topological polar surface area (TPSA) is 143 Å². The largest absolute Gasteiger partial charge is 0.487 e. The zero-order chi connectivity index (χ0) is 21.6. The number of benzene rings is 1. The van der Waals surface area contributed by atoms with Crippen molar-refractivity contribution in [2.45, 2.75) is 33.8 Å². The molecule has 1 rings (SSSR count). The van der Waals surface area contributed by atoms with Crippen LogP contribution in [0.25, 0.3) is 0 Å². The van der Waals surface area contributed by atoms with E-state index in [9.17, 15) is 25.0 Å². The first-order valence-electron chi connectivity index (χ1n) is 8.57. The molecule has 0 saturated heterocycles. The molecule has 0 heterocycles. The molecule has 0 spiro atoms. The molecule has 0 bridgehead atoms. The standard InChI is InChI=1S/C17H25N3O8/c1-9(2)8-18-17(21)28-14(10(3)4)11-7-12(19(22)23)15(26-5)16(27-6)13(11)20(24)25/h7,9-10,14H,8H2,1-6H3,(H,18,21). The van der Waals surface area contributed by atoms with Gasteiger partial charge in [0.1, 0.15) is 6.10 Å². The number of alkyl carbamates (subject to hydrolysis) is 1. The third-order valence-electron chi connectivity index (χ3n) is 3.81. The predicted octanol–water partition coefficient (Wildman–Crippen LogP) is 3.60. The number of ether oxygens (including phenoxy) is 3. The SMILES string of the molecule is COc1c([N+](=O)[O-])cc(C(OC(=O)NCC(C)C)C(C)C)c([N+](=O)[O-])c1OC. The first-order valence-corrected chi connectivity index (χ1v) is 8.57. The number of rotatable bonds is 9. The molecular formula is C17H25N3O8. The van der Waals surface area contributed by atoms with E-state index in [2.05, 4.69) is 5.32 Å². The second-order valence-corrected chi connectivity index (χ2v) is 6.76. The monoisotopic (exact) mass is 399 g/mol. The Hall–Kier alpha value is -3.11. The fraction of sp³-hybridized carbons (Fsp3) is 0.588. The zero-order valence-corrected chi connectivity index (χ0v) is 16.7. The summed E-state index contributed by atoms with van der Waals surface area (Å²) in [6, 6.07) is 0.986. The average molecular weight is 399 g/mol. The molecule has 0 saturated carbocycles. The lowest BCUT2D eigenvalue weighted by Gasteiger charge is -2.23. The Morgan fingerprint density at radius 1 is 1.07 bits per heavy atom. The molecule has 11 nitrogen and oxygen atoms in total. The number of nitrogens with zero attached hydrogens (tertiary/aromatic N) is 2. The Morgan fingerprint density at radius 2 is 1.64 bits per heavy atom. The van der Waals surface area contributed by atoms with E-state index < -0.39 is 45.1 Å². The van der Waals surface area contributed by atoms with Crippen molar-refractivity contribution in [3.8, 4) is 11.5 Å². The van der Waals surface area contributed by atoms with E-state index in [1.807, 2.05) is 13.8 Å². The van der Waals surface area contributed by atoms with Crippen LogP contribution in [0, 0.1) is 32.1 Å². The third kappa shape index (κ3) is 5.21. The van der Waals surface area contributed by atoms with Gasteiger partial charge in [0.2, 0.25) is 11.5 Å². The molecule has 28 heavy (non-hydrogen) atoms. The third-order valence-corrected chi connectivity index (χ3v) is 3.81. The predicted molar refractivity (Wildman–Crippen MR) is 99.8 cm³/mol. The highest BCUT2D eigenvalue weighted by atomic mass is 16.6. The first kappa shape index (κ1) is 22.9. The van der Waals surface area contributed by atoms with Crippen molar-refractivity contribution in [2.24, 2.45) is 11.8 Å². The Balaban J connectivity index is 3.59. The summed E-state index contributed by atoms with van der Waals surface area (Å²) in [7, 11) is 2.28. The summed E-state index contributed by atoms with van der Waals surface area (Å²) in [6.45, 7) is 7.47. The van der Waals surface area contributed by atoms with Crippen molar-refractivity contribution in [1.29, 1.82) is 0 Å². The van der Waals surface area contributed by atoms with E-state index >= 15 is 0 Å². The lowest BCUT2D eigenvalue weighted by atomic mass is 9.96. The summed E-state index contributed by atoms with van der Waals surface area (Å²) in [5.41, 5.74) is -1.24. The van der Waals surface area contributed by atoms with Crippen LogP contribution in [-0.2, 0) is 4.74 Å². The first-order chi connectivity index (χ1) is 13.0. The number of nitro benzene ring substituents is 2. The highest BCUT2D eigenvalue weighted by molar-refractivity contribution is 5.71. The summed E-state index contributed by atoms with van der Waals surface area (Å²) in [6.07, 6.45) is -1.90. The van der Waals surface area contributed by atoms with Gasteiger partial charge >= 0.3 is 17.5 Å². The molecule has 1 unspecified atom stereocenters. The van der Waals surface area contributed by atoms with Gasteiger partial charge in [0.25, 0.3) is 0 Å². The van der Waals surface area contributed by atoms with Crippen molar-refractivity contribution in [3.05, 3.63) is 31.9 Å². The van der Waals surface area contributed by atoms with Crippen LogP contribution in [-0.4, -0.2) is 36.7 Å². The molecule has 0 fully saturated rings. The molecule has 1 aromatic rings. The smallest absolute Gasteiger partial charge is 0.407 e. The minimum absolute atomic E-state index is 0.149. The van der Waals surface area contributed by atoms with Gasteiger partial charge < -0.3 is 19.5 Å². The highest BCUT2D eigenvalue weighted by Gasteiger charge is 2.38. The summed E-state index contributed by atoms with van der Waals surface area (Å²) >= 11 is 0. The maximum atomic E-state index is 12.1. The van der Waals surface area contributed by atoms with Gasteiger partial charge in [-0.05, 0) is 11.8 Å². The van der Waals surface area contributed by atoms with Crippen LogP contribution >= 0.6 is 0 Å². The Kier molecular flexibility index (Phi) is 7.96. The molecule has 1 amide bonds. The summed E-state index contributed by atoms with van der Waals surface area (Å²) in [5.74, 6) is -1.04. The average Bonchev–Trinajstić information content (AvgIpc) is 2.61. The van der Waals surface area contributed by atoms with E-state index in [0.29, 0.717) is 6.54 Å². The van der Waals surface area contributed by atoms with Crippen LogP contribution in [0.4, 0.5) is 16.2 Å². The summed E-state index contributed by atoms with van der Waals surface area (Å²) in [4.78, 5) is 33.8. The van der Waals surface area contributed by atoms with Gasteiger partial charge in [-0.2, -0.15) is 0 Å². The molecule has 11 heteroatoms. The summed E-state index contributed by atoms with van der Waals surface area (Å²) < 4.78 is 15.4. The molecule has 0 radical (unpaired) electrons. The van der Waals surface area contributed by atoms with Gasteiger partial charge in [0, 0.05) is 12.6 Å². The fourth-order valence-electron chi connectivity index (χ4n) is 2.57. The minimum atomic E-state index is -1.12. The van der Waals surface area contributed by atoms with Crippen molar-refractivity contribution < 1.29 is 28.9 Å². The van der Waals surface area contributed by atoms with E-state index in [1.54, 1.807) is 13.8 Å². The number of hydrogen-bond acceptors (Lipinski definition) is 8. The molecule has 1 N–H and O–H groups in total. The van der Waals surface area contributed by atoms with Crippen LogP contribution in [0.15, 0.2) is 6.07 Å².